The van der Waals surface area contributed by atoms with Gasteiger partial charge in [0.25, 0.3) is 0 Å². The molecule has 1 atom stereocenters. The summed E-state index contributed by atoms with van der Waals surface area (Å²) in [6.07, 6.45) is -10.1. The summed E-state index contributed by atoms with van der Waals surface area (Å²) in [6, 6.07) is 12.8. The van der Waals surface area contributed by atoms with Gasteiger partial charge in [-0.15, -0.1) is 0 Å². The summed E-state index contributed by atoms with van der Waals surface area (Å²) in [5.74, 6) is 0. The van der Waals surface area contributed by atoms with Gasteiger partial charge in [0.15, 0.2) is 7.14 Å². The Kier molecular flexibility index (Phi) is 5.50. The molecular formula is C21H16F6NOP. The Hall–Kier alpha value is -2.73. The van der Waals surface area contributed by atoms with Crippen molar-refractivity contribution in [2.75, 3.05) is 5.73 Å². The predicted octanol–water partition coefficient (Wildman–Crippen LogP) is 5.25. The zero-order valence-electron chi connectivity index (χ0n) is 15.6. The molecule has 3 rings (SSSR count). The van der Waals surface area contributed by atoms with Gasteiger partial charge in [-0.1, -0.05) is 35.9 Å². The Labute approximate surface area is 168 Å². The second-order valence-corrected chi connectivity index (χ2v) is 9.58. The summed E-state index contributed by atoms with van der Waals surface area (Å²) in [6.45, 7) is 1.68. The van der Waals surface area contributed by atoms with Crippen LogP contribution in [0.3, 0.4) is 0 Å². The number of aryl methyl sites for hydroxylation is 1. The first-order chi connectivity index (χ1) is 13.8. The van der Waals surface area contributed by atoms with E-state index in [9.17, 15) is 30.9 Å². The van der Waals surface area contributed by atoms with E-state index in [0.717, 1.165) is 0 Å². The van der Waals surface area contributed by atoms with Crippen LogP contribution in [0.5, 0.6) is 0 Å². The maximum Gasteiger partial charge on any atom is 0.416 e. The van der Waals surface area contributed by atoms with E-state index in [4.69, 9.17) is 5.73 Å². The topological polar surface area (TPSA) is 43.1 Å². The Morgan fingerprint density at radius 2 is 1.20 bits per heavy atom. The van der Waals surface area contributed by atoms with E-state index in [1.54, 1.807) is 19.1 Å². The molecule has 3 aromatic rings. The van der Waals surface area contributed by atoms with Crippen LogP contribution in [0, 0.1) is 6.92 Å². The van der Waals surface area contributed by atoms with E-state index in [2.05, 4.69) is 0 Å². The molecule has 0 aromatic heterocycles. The van der Waals surface area contributed by atoms with Crippen LogP contribution in [0.25, 0.3) is 0 Å². The van der Waals surface area contributed by atoms with Gasteiger partial charge in [0.1, 0.15) is 0 Å². The fraction of sp³-hybridized carbons (Fsp3) is 0.143. The standard InChI is InChI=1S/C21H16F6NOP/c1-13-4-2-6-17(8-13)30(29,18-7-3-5-16(28)12-18)19-10-14(20(22,23)24)9-15(11-19)21(25,26)27/h2-12H,28H2,1H3. The average molecular weight is 443 g/mol. The molecule has 0 saturated heterocycles. The first-order valence-electron chi connectivity index (χ1n) is 8.65. The quantitative estimate of drug-likeness (QED) is 0.341. The number of nitrogens with two attached hydrogens (primary N) is 1. The number of hydrogen-bond acceptors (Lipinski definition) is 2. The molecule has 0 bridgehead atoms. The van der Waals surface area contributed by atoms with Crippen molar-refractivity contribution < 1.29 is 30.9 Å². The second kappa shape index (κ2) is 7.51. The fourth-order valence-corrected chi connectivity index (χ4v) is 5.96. The van der Waals surface area contributed by atoms with E-state index >= 15 is 0 Å². The summed E-state index contributed by atoms with van der Waals surface area (Å²) in [5, 5.41) is -0.415. The van der Waals surface area contributed by atoms with Crippen molar-refractivity contribution >= 4 is 28.7 Å². The van der Waals surface area contributed by atoms with Gasteiger partial charge in [-0.05, 0) is 43.3 Å². The Morgan fingerprint density at radius 1 is 0.700 bits per heavy atom. The monoisotopic (exact) mass is 443 g/mol. The Balaban J connectivity index is 2.42. The summed E-state index contributed by atoms with van der Waals surface area (Å²) < 4.78 is 94.6. The largest absolute Gasteiger partial charge is 0.416 e. The summed E-state index contributed by atoms with van der Waals surface area (Å²) in [7, 11) is -4.10. The smallest absolute Gasteiger partial charge is 0.399 e. The molecule has 2 nitrogen and oxygen atoms in total. The van der Waals surface area contributed by atoms with Crippen LogP contribution in [0.4, 0.5) is 32.0 Å². The molecule has 158 valence electrons. The van der Waals surface area contributed by atoms with Crippen LogP contribution >= 0.6 is 7.14 Å². The maximum absolute atomic E-state index is 14.3. The average Bonchev–Trinajstić information content (AvgIpc) is 2.65. The molecule has 0 radical (unpaired) electrons. The van der Waals surface area contributed by atoms with Gasteiger partial charge < -0.3 is 10.3 Å². The molecule has 0 heterocycles. The molecule has 0 aliphatic heterocycles. The van der Waals surface area contributed by atoms with Crippen LogP contribution in [0.15, 0.2) is 66.7 Å². The number of hydrogen-bond donors (Lipinski definition) is 1. The third-order valence-electron chi connectivity index (χ3n) is 4.54. The van der Waals surface area contributed by atoms with Gasteiger partial charge >= 0.3 is 12.4 Å². The Bertz CT molecular complexity index is 1060. The lowest BCUT2D eigenvalue weighted by atomic mass is 10.1. The Morgan fingerprint density at radius 3 is 1.67 bits per heavy atom. The van der Waals surface area contributed by atoms with Crippen LogP contribution in [-0.4, -0.2) is 0 Å². The number of nitrogen functional groups attached to an aromatic ring is 1. The molecule has 0 aliphatic carbocycles. The van der Waals surface area contributed by atoms with Crippen LogP contribution < -0.4 is 21.6 Å². The highest BCUT2D eigenvalue weighted by Gasteiger charge is 2.40. The van der Waals surface area contributed by atoms with Crippen molar-refractivity contribution in [1.82, 2.24) is 0 Å². The van der Waals surface area contributed by atoms with Crippen LogP contribution in [-0.2, 0) is 16.9 Å². The van der Waals surface area contributed by atoms with E-state index in [1.165, 1.54) is 36.4 Å². The molecule has 30 heavy (non-hydrogen) atoms. The van der Waals surface area contributed by atoms with E-state index < -0.39 is 35.9 Å². The summed E-state index contributed by atoms with van der Waals surface area (Å²) in [5.41, 5.74) is 3.55. The first kappa shape index (κ1) is 22.0. The van der Waals surface area contributed by atoms with E-state index in [1.807, 2.05) is 0 Å². The van der Waals surface area contributed by atoms with Crippen molar-refractivity contribution in [2.45, 2.75) is 19.3 Å². The normalized spacial score (nSPS) is 14.4. The van der Waals surface area contributed by atoms with Gasteiger partial charge in [0, 0.05) is 21.6 Å². The molecule has 3 aromatic carbocycles. The van der Waals surface area contributed by atoms with Gasteiger partial charge in [-0.2, -0.15) is 26.3 Å². The molecule has 0 saturated carbocycles. The minimum absolute atomic E-state index is 0.0173. The third kappa shape index (κ3) is 4.24. The molecule has 2 N–H and O–H groups in total. The number of rotatable bonds is 3. The lowest BCUT2D eigenvalue weighted by Crippen LogP contribution is -2.28. The first-order valence-corrected chi connectivity index (χ1v) is 10.4. The predicted molar refractivity (Wildman–Crippen MR) is 105 cm³/mol. The summed E-state index contributed by atoms with van der Waals surface area (Å²) >= 11 is 0. The summed E-state index contributed by atoms with van der Waals surface area (Å²) in [4.78, 5) is 0. The maximum atomic E-state index is 14.3. The van der Waals surface area contributed by atoms with Gasteiger partial charge in [0.2, 0.25) is 0 Å². The van der Waals surface area contributed by atoms with E-state index in [0.29, 0.717) is 17.7 Å². The fourth-order valence-electron chi connectivity index (χ4n) is 3.11. The number of anilines is 1. The number of benzene rings is 3. The minimum Gasteiger partial charge on any atom is -0.399 e. The third-order valence-corrected chi connectivity index (χ3v) is 7.53. The molecule has 9 heteroatoms. The number of halogens is 6. The highest BCUT2D eigenvalue weighted by atomic mass is 31.2. The van der Waals surface area contributed by atoms with Crippen LogP contribution in [0.2, 0.25) is 0 Å². The van der Waals surface area contributed by atoms with Crippen molar-refractivity contribution in [3.8, 4) is 0 Å². The second-order valence-electron chi connectivity index (χ2n) is 6.81. The van der Waals surface area contributed by atoms with Gasteiger partial charge in [-0.25, -0.2) is 0 Å². The van der Waals surface area contributed by atoms with Crippen molar-refractivity contribution in [3.63, 3.8) is 0 Å². The minimum atomic E-state index is -5.05. The van der Waals surface area contributed by atoms with Gasteiger partial charge in [-0.3, -0.25) is 0 Å². The van der Waals surface area contributed by atoms with E-state index in [-0.39, 0.29) is 22.4 Å². The molecule has 0 aliphatic rings. The molecule has 0 spiro atoms. The SMILES string of the molecule is Cc1cccc(P(=O)(c2cccc(N)c2)c2cc(C(F)(F)F)cc(C(F)(F)F)c2)c1. The number of alkyl halides is 6. The molecular weight excluding hydrogens is 427 g/mol. The zero-order chi connectivity index (χ0) is 22.3. The molecule has 0 fully saturated rings. The highest BCUT2D eigenvalue weighted by molar-refractivity contribution is 7.85. The molecule has 0 amide bonds. The molecule has 1 unspecified atom stereocenters. The lowest BCUT2D eigenvalue weighted by Gasteiger charge is -2.23. The highest BCUT2D eigenvalue weighted by Crippen LogP contribution is 2.45. The van der Waals surface area contributed by atoms with Crippen molar-refractivity contribution in [3.05, 3.63) is 83.4 Å². The lowest BCUT2D eigenvalue weighted by molar-refractivity contribution is -0.142. The van der Waals surface area contributed by atoms with Crippen LogP contribution in [0.1, 0.15) is 16.7 Å². The van der Waals surface area contributed by atoms with Crippen molar-refractivity contribution in [2.24, 2.45) is 0 Å². The van der Waals surface area contributed by atoms with Gasteiger partial charge in [0.05, 0.1) is 11.1 Å². The van der Waals surface area contributed by atoms with Crippen molar-refractivity contribution in [1.29, 1.82) is 0 Å². The zero-order valence-corrected chi connectivity index (χ0v) is 16.4.